The Morgan fingerprint density at radius 3 is 2.42 bits per heavy atom. The summed E-state index contributed by atoms with van der Waals surface area (Å²) in [4.78, 5) is 2.11. The topological polar surface area (TPSA) is 58.7 Å². The van der Waals surface area contributed by atoms with Crippen molar-refractivity contribution in [1.82, 2.24) is 0 Å². The fraction of sp³-hybridized carbons (Fsp3) is 0.200. The number of nitrogens with zero attached hydrogens (tertiary/aromatic N) is 1. The van der Waals surface area contributed by atoms with Crippen molar-refractivity contribution in [3.8, 4) is 11.5 Å². The lowest BCUT2D eigenvalue weighted by molar-refractivity contribution is 0.406. The largest absolute Gasteiger partial charge is 0.508 e. The Morgan fingerprint density at radius 2 is 1.75 bits per heavy atom. The summed E-state index contributed by atoms with van der Waals surface area (Å²) in [5, 5.41) is 11.8. The summed E-state index contributed by atoms with van der Waals surface area (Å²) < 4.78 is 5.62. The smallest absolute Gasteiger partial charge is 0.124 e. The van der Waals surface area contributed by atoms with Gasteiger partial charge in [-0.25, -0.2) is 0 Å². The van der Waals surface area contributed by atoms with Crippen LogP contribution in [0.15, 0.2) is 60.7 Å². The predicted molar refractivity (Wildman–Crippen MR) is 98.8 cm³/mol. The zero-order valence-electron chi connectivity index (χ0n) is 13.9. The van der Waals surface area contributed by atoms with Crippen LogP contribution in [0.1, 0.15) is 11.6 Å². The van der Waals surface area contributed by atoms with Gasteiger partial charge in [0, 0.05) is 24.8 Å². The van der Waals surface area contributed by atoms with Crippen LogP contribution in [0, 0.1) is 0 Å². The second-order valence-electron chi connectivity index (χ2n) is 5.78. The van der Waals surface area contributed by atoms with E-state index < -0.39 is 0 Å². The second kappa shape index (κ2) is 6.81. The molecule has 124 valence electrons. The van der Waals surface area contributed by atoms with E-state index in [2.05, 4.69) is 23.1 Å². The Hall–Kier alpha value is -2.72. The molecule has 0 heterocycles. The molecule has 0 aliphatic carbocycles. The fourth-order valence-corrected chi connectivity index (χ4v) is 3.13. The Labute approximate surface area is 142 Å². The van der Waals surface area contributed by atoms with E-state index in [9.17, 15) is 5.11 Å². The number of fused-ring (bicyclic) bond motifs is 1. The highest BCUT2D eigenvalue weighted by atomic mass is 16.5. The fourth-order valence-electron chi connectivity index (χ4n) is 3.13. The molecule has 0 amide bonds. The van der Waals surface area contributed by atoms with Gasteiger partial charge in [0.1, 0.15) is 11.5 Å². The van der Waals surface area contributed by atoms with Gasteiger partial charge < -0.3 is 20.5 Å². The van der Waals surface area contributed by atoms with Crippen LogP contribution < -0.4 is 15.4 Å². The summed E-state index contributed by atoms with van der Waals surface area (Å²) in [5.74, 6) is 1.08. The Bertz CT molecular complexity index is 831. The average molecular weight is 322 g/mol. The number of hydrogen-bond donors (Lipinski definition) is 2. The molecule has 4 nitrogen and oxygen atoms in total. The first-order chi connectivity index (χ1) is 11.7. The Morgan fingerprint density at radius 1 is 1.04 bits per heavy atom. The van der Waals surface area contributed by atoms with Gasteiger partial charge in [-0.05, 0) is 41.1 Å². The molecular weight excluding hydrogens is 300 g/mol. The molecule has 0 saturated carbocycles. The Balaban J connectivity index is 2.13. The van der Waals surface area contributed by atoms with Gasteiger partial charge >= 0.3 is 0 Å². The van der Waals surface area contributed by atoms with Crippen LogP contribution in [0.4, 0.5) is 5.69 Å². The van der Waals surface area contributed by atoms with Crippen LogP contribution in [-0.2, 0) is 0 Å². The normalized spacial score (nSPS) is 12.1. The molecule has 0 fully saturated rings. The molecule has 0 aliphatic rings. The molecule has 1 atom stereocenters. The third-order valence-corrected chi connectivity index (χ3v) is 4.43. The van der Waals surface area contributed by atoms with Crippen molar-refractivity contribution < 1.29 is 9.84 Å². The van der Waals surface area contributed by atoms with E-state index in [0.29, 0.717) is 6.54 Å². The minimum atomic E-state index is -0.0457. The van der Waals surface area contributed by atoms with Crippen molar-refractivity contribution in [2.45, 2.75) is 6.04 Å². The number of aromatic hydroxyl groups is 1. The maximum Gasteiger partial charge on any atom is 0.124 e. The maximum absolute atomic E-state index is 9.51. The molecule has 3 aromatic carbocycles. The van der Waals surface area contributed by atoms with E-state index in [1.54, 1.807) is 19.2 Å². The van der Waals surface area contributed by atoms with Gasteiger partial charge in [0.2, 0.25) is 0 Å². The van der Waals surface area contributed by atoms with Crippen LogP contribution in [-0.4, -0.2) is 25.8 Å². The van der Waals surface area contributed by atoms with Crippen molar-refractivity contribution in [3.63, 3.8) is 0 Å². The molecule has 24 heavy (non-hydrogen) atoms. The number of ether oxygens (including phenoxy) is 1. The molecule has 0 bridgehead atoms. The summed E-state index contributed by atoms with van der Waals surface area (Å²) in [7, 11) is 3.69. The van der Waals surface area contributed by atoms with Gasteiger partial charge in [-0.15, -0.1) is 0 Å². The van der Waals surface area contributed by atoms with Gasteiger partial charge in [0.15, 0.2) is 0 Å². The SMILES string of the molecule is COc1ccc2ccccc2c1C(CN)N(C)c1ccc(O)cc1. The van der Waals surface area contributed by atoms with E-state index >= 15 is 0 Å². The first kappa shape index (κ1) is 16.1. The summed E-state index contributed by atoms with van der Waals surface area (Å²) in [5.41, 5.74) is 8.20. The van der Waals surface area contributed by atoms with E-state index in [-0.39, 0.29) is 11.8 Å². The quantitative estimate of drug-likeness (QED) is 0.752. The average Bonchev–Trinajstić information content (AvgIpc) is 2.62. The van der Waals surface area contributed by atoms with Crippen molar-refractivity contribution in [2.24, 2.45) is 5.73 Å². The maximum atomic E-state index is 9.51. The van der Waals surface area contributed by atoms with Crippen LogP contribution in [0.25, 0.3) is 10.8 Å². The zero-order chi connectivity index (χ0) is 17.1. The number of rotatable bonds is 5. The highest BCUT2D eigenvalue weighted by Gasteiger charge is 2.22. The third kappa shape index (κ3) is 2.88. The minimum absolute atomic E-state index is 0.0457. The van der Waals surface area contributed by atoms with Crippen molar-refractivity contribution in [2.75, 3.05) is 25.6 Å². The second-order valence-corrected chi connectivity index (χ2v) is 5.78. The number of anilines is 1. The Kier molecular flexibility index (Phi) is 4.58. The number of hydrogen-bond acceptors (Lipinski definition) is 4. The van der Waals surface area contributed by atoms with Crippen molar-refractivity contribution >= 4 is 16.5 Å². The van der Waals surface area contributed by atoms with Gasteiger partial charge in [-0.2, -0.15) is 0 Å². The standard InChI is InChI=1S/C20H22N2O2/c1-22(15-8-10-16(23)11-9-15)18(13-21)20-17-6-4-3-5-14(17)7-12-19(20)24-2/h3-12,18,23H,13,21H2,1-2H3. The highest BCUT2D eigenvalue weighted by molar-refractivity contribution is 5.88. The lowest BCUT2D eigenvalue weighted by Crippen LogP contribution is -2.31. The van der Waals surface area contributed by atoms with Gasteiger partial charge in [0.25, 0.3) is 0 Å². The molecular formula is C20H22N2O2. The first-order valence-corrected chi connectivity index (χ1v) is 7.93. The molecule has 3 aromatic rings. The number of benzene rings is 3. The summed E-state index contributed by atoms with van der Waals surface area (Å²) in [6, 6.07) is 19.4. The van der Waals surface area contributed by atoms with Crippen LogP contribution >= 0.6 is 0 Å². The third-order valence-electron chi connectivity index (χ3n) is 4.43. The molecule has 0 saturated heterocycles. The first-order valence-electron chi connectivity index (χ1n) is 7.93. The number of nitrogens with two attached hydrogens (primary N) is 1. The number of phenols is 1. The van der Waals surface area contributed by atoms with Crippen LogP contribution in [0.3, 0.4) is 0 Å². The predicted octanol–water partition coefficient (Wildman–Crippen LogP) is 3.69. The van der Waals surface area contributed by atoms with E-state index in [1.807, 2.05) is 37.4 Å². The molecule has 0 aliphatic heterocycles. The zero-order valence-corrected chi connectivity index (χ0v) is 13.9. The van der Waals surface area contributed by atoms with Crippen molar-refractivity contribution in [3.05, 3.63) is 66.2 Å². The number of phenolic OH excluding ortho intramolecular Hbond substituents is 1. The monoisotopic (exact) mass is 322 g/mol. The van der Waals surface area contributed by atoms with Gasteiger partial charge in [-0.1, -0.05) is 30.3 Å². The minimum Gasteiger partial charge on any atom is -0.508 e. The van der Waals surface area contributed by atoms with Crippen molar-refractivity contribution in [1.29, 1.82) is 0 Å². The highest BCUT2D eigenvalue weighted by Crippen LogP contribution is 2.37. The van der Waals surface area contributed by atoms with Gasteiger partial charge in [-0.3, -0.25) is 0 Å². The van der Waals surface area contributed by atoms with Gasteiger partial charge in [0.05, 0.1) is 13.2 Å². The van der Waals surface area contributed by atoms with E-state index in [4.69, 9.17) is 10.5 Å². The molecule has 3 rings (SSSR count). The molecule has 4 heteroatoms. The summed E-state index contributed by atoms with van der Waals surface area (Å²) in [6.07, 6.45) is 0. The molecule has 3 N–H and O–H groups in total. The molecule has 1 unspecified atom stereocenters. The lowest BCUT2D eigenvalue weighted by atomic mass is 9.96. The van der Waals surface area contributed by atoms with E-state index in [1.165, 1.54) is 0 Å². The number of methoxy groups -OCH3 is 1. The molecule has 0 radical (unpaired) electrons. The molecule has 0 aromatic heterocycles. The van der Waals surface area contributed by atoms with Crippen LogP contribution in [0.5, 0.6) is 11.5 Å². The summed E-state index contributed by atoms with van der Waals surface area (Å²) in [6.45, 7) is 0.446. The number of likely N-dealkylation sites (N-methyl/N-ethyl adjacent to an activating group) is 1. The van der Waals surface area contributed by atoms with Crippen LogP contribution in [0.2, 0.25) is 0 Å². The lowest BCUT2D eigenvalue weighted by Gasteiger charge is -2.31. The molecule has 0 spiro atoms. The summed E-state index contributed by atoms with van der Waals surface area (Å²) >= 11 is 0. The van der Waals surface area contributed by atoms with E-state index in [0.717, 1.165) is 27.8 Å².